The summed E-state index contributed by atoms with van der Waals surface area (Å²) in [5.74, 6) is -0.232. The number of carbonyl (C=O) groups excluding carboxylic acids is 2. The molecular formula is C23H23BrN2O3. The molecule has 3 rings (SSSR count). The SMILES string of the molecule is CCCCOc1ccc(Br)cc1C(=O)NNC(=O)Cc1cccc2ccccc12. The van der Waals surface area contributed by atoms with Crippen LogP contribution in [0.25, 0.3) is 10.8 Å². The van der Waals surface area contributed by atoms with E-state index < -0.39 is 5.91 Å². The first-order chi connectivity index (χ1) is 14.1. The highest BCUT2D eigenvalue weighted by Crippen LogP contribution is 2.23. The highest BCUT2D eigenvalue weighted by atomic mass is 79.9. The Bertz CT molecular complexity index is 1010. The summed E-state index contributed by atoms with van der Waals surface area (Å²) in [6.45, 7) is 2.61. The topological polar surface area (TPSA) is 67.4 Å². The van der Waals surface area contributed by atoms with Crippen molar-refractivity contribution in [1.29, 1.82) is 0 Å². The van der Waals surface area contributed by atoms with Crippen molar-refractivity contribution in [2.45, 2.75) is 26.2 Å². The van der Waals surface area contributed by atoms with Crippen LogP contribution in [-0.4, -0.2) is 18.4 Å². The van der Waals surface area contributed by atoms with Gasteiger partial charge in [0.05, 0.1) is 18.6 Å². The second-order valence-corrected chi connectivity index (χ2v) is 7.58. The Morgan fingerprint density at radius 2 is 1.79 bits per heavy atom. The van der Waals surface area contributed by atoms with Crippen LogP contribution in [0.5, 0.6) is 5.75 Å². The molecule has 0 heterocycles. The number of hydrogen-bond donors (Lipinski definition) is 2. The number of fused-ring (bicyclic) bond motifs is 1. The number of amides is 2. The number of rotatable bonds is 7. The van der Waals surface area contributed by atoms with Gasteiger partial charge < -0.3 is 4.74 Å². The first-order valence-corrected chi connectivity index (χ1v) is 10.4. The van der Waals surface area contributed by atoms with Gasteiger partial charge in [-0.25, -0.2) is 0 Å². The largest absolute Gasteiger partial charge is 0.493 e. The fourth-order valence-corrected chi connectivity index (χ4v) is 3.35. The predicted octanol–water partition coefficient (Wildman–Crippen LogP) is 4.78. The molecule has 150 valence electrons. The van der Waals surface area contributed by atoms with Crippen LogP contribution in [0.3, 0.4) is 0 Å². The zero-order chi connectivity index (χ0) is 20.6. The van der Waals surface area contributed by atoms with Gasteiger partial charge in [0.25, 0.3) is 5.91 Å². The summed E-state index contributed by atoms with van der Waals surface area (Å²) in [5, 5.41) is 2.10. The van der Waals surface area contributed by atoms with Crippen LogP contribution in [0, 0.1) is 0 Å². The van der Waals surface area contributed by atoms with E-state index >= 15 is 0 Å². The number of hydrazine groups is 1. The monoisotopic (exact) mass is 454 g/mol. The van der Waals surface area contributed by atoms with Crippen molar-refractivity contribution in [3.63, 3.8) is 0 Å². The summed E-state index contributed by atoms with van der Waals surface area (Å²) >= 11 is 3.37. The molecule has 0 aromatic heterocycles. The van der Waals surface area contributed by atoms with E-state index in [1.54, 1.807) is 12.1 Å². The van der Waals surface area contributed by atoms with Crippen molar-refractivity contribution < 1.29 is 14.3 Å². The Hall–Kier alpha value is -2.86. The molecule has 0 bridgehead atoms. The van der Waals surface area contributed by atoms with E-state index in [-0.39, 0.29) is 12.3 Å². The lowest BCUT2D eigenvalue weighted by molar-refractivity contribution is -0.121. The minimum absolute atomic E-state index is 0.167. The zero-order valence-corrected chi connectivity index (χ0v) is 17.8. The summed E-state index contributed by atoms with van der Waals surface area (Å²) in [7, 11) is 0. The van der Waals surface area contributed by atoms with Crippen molar-refractivity contribution >= 4 is 38.5 Å². The maximum atomic E-state index is 12.6. The normalized spacial score (nSPS) is 10.6. The highest BCUT2D eigenvalue weighted by molar-refractivity contribution is 9.10. The molecule has 0 saturated carbocycles. The summed E-state index contributed by atoms with van der Waals surface area (Å²) in [6.07, 6.45) is 2.07. The first kappa shape index (κ1) is 20.9. The van der Waals surface area contributed by atoms with Crippen LogP contribution >= 0.6 is 15.9 Å². The van der Waals surface area contributed by atoms with Gasteiger partial charge in [-0.3, -0.25) is 20.4 Å². The third-order valence-electron chi connectivity index (χ3n) is 4.49. The van der Waals surface area contributed by atoms with Crippen LogP contribution < -0.4 is 15.6 Å². The Labute approximate surface area is 178 Å². The molecule has 0 saturated heterocycles. The maximum absolute atomic E-state index is 12.6. The smallest absolute Gasteiger partial charge is 0.273 e. The molecule has 2 amide bonds. The fourth-order valence-electron chi connectivity index (χ4n) is 2.99. The van der Waals surface area contributed by atoms with Crippen LogP contribution in [-0.2, 0) is 11.2 Å². The van der Waals surface area contributed by atoms with Gasteiger partial charge in [0.2, 0.25) is 5.91 Å². The lowest BCUT2D eigenvalue weighted by Crippen LogP contribution is -2.42. The fraction of sp³-hybridized carbons (Fsp3) is 0.217. The molecule has 0 radical (unpaired) electrons. The van der Waals surface area contributed by atoms with Gasteiger partial charge in [0, 0.05) is 4.47 Å². The van der Waals surface area contributed by atoms with Crippen molar-refractivity contribution in [2.24, 2.45) is 0 Å². The van der Waals surface area contributed by atoms with Crippen molar-refractivity contribution in [2.75, 3.05) is 6.61 Å². The van der Waals surface area contributed by atoms with Gasteiger partial charge in [0.15, 0.2) is 0 Å². The predicted molar refractivity (Wildman–Crippen MR) is 118 cm³/mol. The summed E-state index contributed by atoms with van der Waals surface area (Å²) in [5.41, 5.74) is 6.25. The van der Waals surface area contributed by atoms with Crippen LogP contribution in [0.15, 0.2) is 65.1 Å². The van der Waals surface area contributed by atoms with E-state index in [1.807, 2.05) is 48.5 Å². The van der Waals surface area contributed by atoms with E-state index in [0.29, 0.717) is 17.9 Å². The molecule has 0 aliphatic heterocycles. The lowest BCUT2D eigenvalue weighted by Gasteiger charge is -2.13. The van der Waals surface area contributed by atoms with Gasteiger partial charge in [-0.15, -0.1) is 0 Å². The average Bonchev–Trinajstić information content (AvgIpc) is 2.73. The lowest BCUT2D eigenvalue weighted by atomic mass is 10.0. The van der Waals surface area contributed by atoms with Gasteiger partial charge in [-0.2, -0.15) is 0 Å². The number of ether oxygens (including phenoxy) is 1. The average molecular weight is 455 g/mol. The van der Waals surface area contributed by atoms with Gasteiger partial charge in [-0.05, 0) is 41.0 Å². The standard InChI is InChI=1S/C23H23BrN2O3/c1-2-3-13-29-21-12-11-18(24)15-20(21)23(28)26-25-22(27)14-17-9-6-8-16-7-4-5-10-19(16)17/h4-12,15H,2-3,13-14H2,1H3,(H,25,27)(H,26,28). The quantitative estimate of drug-likeness (QED) is 0.398. The second-order valence-electron chi connectivity index (χ2n) is 6.66. The minimum atomic E-state index is -0.427. The van der Waals surface area contributed by atoms with Crippen LogP contribution in [0.2, 0.25) is 0 Å². The van der Waals surface area contributed by atoms with Crippen molar-refractivity contribution in [1.82, 2.24) is 10.9 Å². The van der Waals surface area contributed by atoms with Gasteiger partial charge in [-0.1, -0.05) is 71.7 Å². The molecule has 0 aliphatic carbocycles. The van der Waals surface area contributed by atoms with E-state index in [2.05, 4.69) is 33.7 Å². The van der Waals surface area contributed by atoms with Gasteiger partial charge in [0.1, 0.15) is 5.75 Å². The Morgan fingerprint density at radius 1 is 1.00 bits per heavy atom. The number of nitrogens with one attached hydrogen (secondary N) is 2. The van der Waals surface area contributed by atoms with Crippen molar-refractivity contribution in [3.05, 3.63) is 76.3 Å². The van der Waals surface area contributed by atoms with E-state index in [0.717, 1.165) is 33.7 Å². The molecule has 5 nitrogen and oxygen atoms in total. The molecule has 3 aromatic rings. The number of benzene rings is 3. The molecule has 0 atom stereocenters. The number of carbonyl (C=O) groups is 2. The summed E-state index contributed by atoms with van der Waals surface area (Å²) < 4.78 is 6.47. The maximum Gasteiger partial charge on any atom is 0.273 e. The van der Waals surface area contributed by atoms with E-state index in [9.17, 15) is 9.59 Å². The molecule has 0 unspecified atom stereocenters. The second kappa shape index (κ2) is 10.1. The third-order valence-corrected chi connectivity index (χ3v) is 4.98. The molecule has 0 spiro atoms. The minimum Gasteiger partial charge on any atom is -0.493 e. The number of halogens is 1. The summed E-state index contributed by atoms with van der Waals surface area (Å²) in [6, 6.07) is 19.0. The summed E-state index contributed by atoms with van der Waals surface area (Å²) in [4.78, 5) is 25.0. The zero-order valence-electron chi connectivity index (χ0n) is 16.2. The Morgan fingerprint density at radius 3 is 2.62 bits per heavy atom. The third kappa shape index (κ3) is 5.57. The van der Waals surface area contributed by atoms with E-state index in [1.165, 1.54) is 0 Å². The molecule has 2 N–H and O–H groups in total. The molecule has 29 heavy (non-hydrogen) atoms. The number of hydrogen-bond acceptors (Lipinski definition) is 3. The Balaban J connectivity index is 1.64. The molecule has 0 aliphatic rings. The van der Waals surface area contributed by atoms with Crippen molar-refractivity contribution in [3.8, 4) is 5.75 Å². The molecule has 0 fully saturated rings. The molecule has 3 aromatic carbocycles. The van der Waals surface area contributed by atoms with E-state index in [4.69, 9.17) is 4.74 Å². The molecular weight excluding hydrogens is 432 g/mol. The van der Waals surface area contributed by atoms with Crippen LogP contribution in [0.4, 0.5) is 0 Å². The number of unbranched alkanes of at least 4 members (excludes halogenated alkanes) is 1. The van der Waals surface area contributed by atoms with Gasteiger partial charge >= 0.3 is 0 Å². The first-order valence-electron chi connectivity index (χ1n) is 9.56. The molecule has 6 heteroatoms. The van der Waals surface area contributed by atoms with Crippen LogP contribution in [0.1, 0.15) is 35.7 Å². The highest BCUT2D eigenvalue weighted by Gasteiger charge is 2.15. The Kier molecular flexibility index (Phi) is 7.25.